The predicted molar refractivity (Wildman–Crippen MR) is 70.0 cm³/mol. The second-order valence-electron chi connectivity index (χ2n) is 5.26. The quantitative estimate of drug-likeness (QED) is 0.620. The van der Waals surface area contributed by atoms with E-state index in [1.165, 1.54) is 0 Å². The van der Waals surface area contributed by atoms with Crippen LogP contribution in [-0.2, 0) is 14.3 Å². The van der Waals surface area contributed by atoms with E-state index in [0.29, 0.717) is 6.61 Å². The van der Waals surface area contributed by atoms with Crippen molar-refractivity contribution in [2.45, 2.75) is 32.0 Å². The lowest BCUT2D eigenvalue weighted by atomic mass is 10.2. The van der Waals surface area contributed by atoms with E-state index in [1.807, 2.05) is 24.3 Å². The third kappa shape index (κ3) is 3.41. The van der Waals surface area contributed by atoms with Crippen LogP contribution in [0.25, 0.3) is 0 Å². The summed E-state index contributed by atoms with van der Waals surface area (Å²) in [6.45, 7) is 6.73. The molecule has 1 saturated heterocycles. The van der Waals surface area contributed by atoms with Crippen LogP contribution < -0.4 is 4.43 Å². The molecule has 18 heavy (non-hydrogen) atoms. The molecule has 2 atom stereocenters. The number of carbonyl (C=O) groups excluding carboxylic acids is 1. The van der Waals surface area contributed by atoms with E-state index in [0.717, 1.165) is 17.6 Å². The van der Waals surface area contributed by atoms with Crippen LogP contribution >= 0.6 is 0 Å². The largest absolute Gasteiger partial charge is 0.544 e. The van der Waals surface area contributed by atoms with Gasteiger partial charge in [-0.2, -0.15) is 0 Å². The fourth-order valence-electron chi connectivity index (χ4n) is 1.71. The molecule has 2 unspecified atom stereocenters. The minimum atomic E-state index is -1.57. The SMILES string of the molecule is C[Si](C)(C)Oc1ccc(C2OCC(C=O)O2)cc1. The van der Waals surface area contributed by atoms with E-state index in [9.17, 15) is 4.79 Å². The first-order valence-electron chi connectivity index (χ1n) is 5.99. The molecule has 0 N–H and O–H groups in total. The molecule has 0 amide bonds. The average molecular weight is 266 g/mol. The van der Waals surface area contributed by atoms with Gasteiger partial charge in [0, 0.05) is 5.56 Å². The van der Waals surface area contributed by atoms with Crippen molar-refractivity contribution in [3.8, 4) is 5.75 Å². The van der Waals surface area contributed by atoms with Gasteiger partial charge in [0.05, 0.1) is 6.61 Å². The average Bonchev–Trinajstić information content (AvgIpc) is 2.76. The zero-order chi connectivity index (χ0) is 13.2. The summed E-state index contributed by atoms with van der Waals surface area (Å²) in [5.74, 6) is 0.864. The molecular formula is C13H18O4Si. The highest BCUT2D eigenvalue weighted by molar-refractivity contribution is 6.70. The minimum absolute atomic E-state index is 0.321. The van der Waals surface area contributed by atoms with Crippen LogP contribution in [0.2, 0.25) is 19.6 Å². The molecule has 1 aliphatic rings. The number of hydrogen-bond acceptors (Lipinski definition) is 4. The molecular weight excluding hydrogens is 248 g/mol. The van der Waals surface area contributed by atoms with Crippen LogP contribution in [0.4, 0.5) is 0 Å². The van der Waals surface area contributed by atoms with E-state index in [4.69, 9.17) is 13.9 Å². The third-order valence-corrected chi connectivity index (χ3v) is 3.29. The molecule has 98 valence electrons. The molecule has 0 aromatic heterocycles. The van der Waals surface area contributed by atoms with Crippen molar-refractivity contribution in [2.24, 2.45) is 0 Å². The summed E-state index contributed by atoms with van der Waals surface area (Å²) in [6.07, 6.45) is -0.128. The Morgan fingerprint density at radius 3 is 2.44 bits per heavy atom. The lowest BCUT2D eigenvalue weighted by Crippen LogP contribution is -2.29. The summed E-state index contributed by atoms with van der Waals surface area (Å²) in [7, 11) is -1.57. The van der Waals surface area contributed by atoms with Gasteiger partial charge in [-0.25, -0.2) is 0 Å². The molecule has 1 aliphatic heterocycles. The van der Waals surface area contributed by atoms with E-state index < -0.39 is 20.7 Å². The maximum absolute atomic E-state index is 10.6. The number of carbonyl (C=O) groups is 1. The van der Waals surface area contributed by atoms with Crippen LogP contribution in [0.5, 0.6) is 5.75 Å². The second-order valence-corrected chi connectivity index (χ2v) is 9.69. The molecule has 0 radical (unpaired) electrons. The maximum Gasteiger partial charge on any atom is 0.242 e. The highest BCUT2D eigenvalue weighted by Crippen LogP contribution is 2.28. The first-order chi connectivity index (χ1) is 8.48. The molecule has 1 heterocycles. The first-order valence-corrected chi connectivity index (χ1v) is 9.40. The Hall–Kier alpha value is -1.17. The van der Waals surface area contributed by atoms with Crippen LogP contribution in [-0.4, -0.2) is 27.3 Å². The van der Waals surface area contributed by atoms with Gasteiger partial charge in [-0.15, -0.1) is 0 Å². The molecule has 4 nitrogen and oxygen atoms in total. The second kappa shape index (κ2) is 5.22. The van der Waals surface area contributed by atoms with E-state index in [2.05, 4.69) is 19.6 Å². The predicted octanol–water partition coefficient (Wildman–Crippen LogP) is 2.51. The molecule has 1 fully saturated rings. The Kier molecular flexibility index (Phi) is 3.84. The Labute approximate surface area is 108 Å². The lowest BCUT2D eigenvalue weighted by molar-refractivity contribution is -0.119. The summed E-state index contributed by atoms with van der Waals surface area (Å²) in [6, 6.07) is 7.64. The third-order valence-electron chi connectivity index (χ3n) is 2.44. The van der Waals surface area contributed by atoms with Crippen LogP contribution in [0.3, 0.4) is 0 Å². The smallest absolute Gasteiger partial charge is 0.242 e. The van der Waals surface area contributed by atoms with Gasteiger partial charge in [-0.1, -0.05) is 12.1 Å². The summed E-state index contributed by atoms with van der Waals surface area (Å²) in [5.41, 5.74) is 0.905. The topological polar surface area (TPSA) is 44.8 Å². The number of hydrogen-bond donors (Lipinski definition) is 0. The summed E-state index contributed by atoms with van der Waals surface area (Å²) < 4.78 is 16.7. The summed E-state index contributed by atoms with van der Waals surface area (Å²) in [4.78, 5) is 10.6. The number of rotatable bonds is 4. The Morgan fingerprint density at radius 2 is 1.94 bits per heavy atom. The van der Waals surface area contributed by atoms with Crippen molar-refractivity contribution in [3.05, 3.63) is 29.8 Å². The Morgan fingerprint density at radius 1 is 1.28 bits per heavy atom. The van der Waals surface area contributed by atoms with Crippen molar-refractivity contribution in [2.75, 3.05) is 6.61 Å². The van der Waals surface area contributed by atoms with Gasteiger partial charge in [-0.05, 0) is 31.8 Å². The molecule has 1 aromatic rings. The van der Waals surface area contributed by atoms with Crippen LogP contribution in [0.15, 0.2) is 24.3 Å². The molecule has 1 aromatic carbocycles. The van der Waals surface area contributed by atoms with Crippen molar-refractivity contribution < 1.29 is 18.7 Å². The van der Waals surface area contributed by atoms with Crippen molar-refractivity contribution in [3.63, 3.8) is 0 Å². The maximum atomic E-state index is 10.6. The van der Waals surface area contributed by atoms with E-state index in [1.54, 1.807) is 0 Å². The highest BCUT2D eigenvalue weighted by atomic mass is 28.4. The lowest BCUT2D eigenvalue weighted by Gasteiger charge is -2.19. The highest BCUT2D eigenvalue weighted by Gasteiger charge is 2.26. The number of ether oxygens (including phenoxy) is 2. The molecule has 0 spiro atoms. The van der Waals surface area contributed by atoms with Gasteiger partial charge in [-0.3, -0.25) is 0 Å². The number of aldehydes is 1. The molecule has 0 saturated carbocycles. The summed E-state index contributed by atoms with van der Waals surface area (Å²) in [5, 5.41) is 0. The van der Waals surface area contributed by atoms with Gasteiger partial charge < -0.3 is 18.7 Å². The van der Waals surface area contributed by atoms with Gasteiger partial charge in [0.1, 0.15) is 11.9 Å². The van der Waals surface area contributed by atoms with Gasteiger partial charge in [0.25, 0.3) is 0 Å². The van der Waals surface area contributed by atoms with Gasteiger partial charge >= 0.3 is 0 Å². The van der Waals surface area contributed by atoms with Gasteiger partial charge in [0.15, 0.2) is 12.6 Å². The first kappa shape index (κ1) is 13.3. The van der Waals surface area contributed by atoms with Crippen LogP contribution in [0.1, 0.15) is 11.9 Å². The van der Waals surface area contributed by atoms with E-state index in [-0.39, 0.29) is 0 Å². The standard InChI is InChI=1S/C13H18O4Si/c1-18(2,3)17-11-6-4-10(5-7-11)13-15-9-12(8-14)16-13/h4-8,12-13H,9H2,1-3H3. The van der Waals surface area contributed by atoms with Crippen molar-refractivity contribution in [1.82, 2.24) is 0 Å². The molecule has 5 heteroatoms. The molecule has 0 bridgehead atoms. The molecule has 2 rings (SSSR count). The fraction of sp³-hybridized carbons (Fsp3) is 0.462. The zero-order valence-electron chi connectivity index (χ0n) is 10.9. The normalized spacial score (nSPS) is 23.9. The monoisotopic (exact) mass is 266 g/mol. The zero-order valence-corrected chi connectivity index (χ0v) is 11.9. The van der Waals surface area contributed by atoms with Gasteiger partial charge in [0.2, 0.25) is 8.32 Å². The molecule has 0 aliphatic carbocycles. The Balaban J connectivity index is 2.02. The Bertz CT molecular complexity index is 410. The minimum Gasteiger partial charge on any atom is -0.544 e. The summed E-state index contributed by atoms with van der Waals surface area (Å²) >= 11 is 0. The van der Waals surface area contributed by atoms with Crippen molar-refractivity contribution >= 4 is 14.6 Å². The van der Waals surface area contributed by atoms with Crippen LogP contribution in [0, 0.1) is 0 Å². The fourth-order valence-corrected chi connectivity index (χ4v) is 2.56. The van der Waals surface area contributed by atoms with E-state index >= 15 is 0 Å². The number of benzene rings is 1. The van der Waals surface area contributed by atoms with Crippen molar-refractivity contribution in [1.29, 1.82) is 0 Å².